The summed E-state index contributed by atoms with van der Waals surface area (Å²) >= 11 is 1.70. The van der Waals surface area contributed by atoms with E-state index in [2.05, 4.69) is 29.4 Å². The van der Waals surface area contributed by atoms with Crippen molar-refractivity contribution in [2.75, 3.05) is 20.3 Å². The summed E-state index contributed by atoms with van der Waals surface area (Å²) in [4.78, 5) is 0. The van der Waals surface area contributed by atoms with Gasteiger partial charge < -0.3 is 10.1 Å². The van der Waals surface area contributed by atoms with Gasteiger partial charge in [0.05, 0.1) is 6.61 Å². The number of aromatic nitrogens is 2. The van der Waals surface area contributed by atoms with Crippen LogP contribution in [0.15, 0.2) is 0 Å². The number of rotatable bonds is 8. The maximum atomic E-state index is 5.01. The molecule has 0 saturated heterocycles. The van der Waals surface area contributed by atoms with Gasteiger partial charge in [-0.05, 0) is 13.0 Å². The van der Waals surface area contributed by atoms with Gasteiger partial charge in [-0.2, -0.15) is 0 Å². The minimum Gasteiger partial charge on any atom is -0.384 e. The van der Waals surface area contributed by atoms with Gasteiger partial charge in [0.15, 0.2) is 0 Å². The van der Waals surface area contributed by atoms with Crippen molar-refractivity contribution in [3.05, 3.63) is 10.0 Å². The molecule has 5 heteroatoms. The van der Waals surface area contributed by atoms with Crippen LogP contribution < -0.4 is 5.32 Å². The summed E-state index contributed by atoms with van der Waals surface area (Å²) in [6, 6.07) is 0.562. The van der Waals surface area contributed by atoms with Crippen LogP contribution in [0.1, 0.15) is 30.3 Å². The van der Waals surface area contributed by atoms with E-state index >= 15 is 0 Å². The molecule has 0 aliphatic carbocycles. The molecular formula is C11H21N3OS. The van der Waals surface area contributed by atoms with Gasteiger partial charge in [-0.1, -0.05) is 13.8 Å². The van der Waals surface area contributed by atoms with Gasteiger partial charge >= 0.3 is 0 Å². The largest absolute Gasteiger partial charge is 0.384 e. The van der Waals surface area contributed by atoms with Crippen LogP contribution in [0.2, 0.25) is 0 Å². The van der Waals surface area contributed by atoms with Crippen LogP contribution in [0.5, 0.6) is 0 Å². The van der Waals surface area contributed by atoms with Crippen molar-refractivity contribution in [1.82, 2.24) is 15.5 Å². The van der Waals surface area contributed by atoms with Crippen molar-refractivity contribution in [1.29, 1.82) is 0 Å². The van der Waals surface area contributed by atoms with Crippen molar-refractivity contribution in [2.45, 2.75) is 39.2 Å². The molecule has 0 aliphatic rings. The molecule has 1 aromatic rings. The van der Waals surface area contributed by atoms with E-state index in [4.69, 9.17) is 4.74 Å². The number of methoxy groups -OCH3 is 1. The fraction of sp³-hybridized carbons (Fsp3) is 0.818. The number of aryl methyl sites for hydroxylation is 1. The second-order valence-corrected chi connectivity index (χ2v) is 5.19. The van der Waals surface area contributed by atoms with Crippen LogP contribution in [0, 0.1) is 0 Å². The second-order valence-electron chi connectivity index (χ2n) is 4.04. The van der Waals surface area contributed by atoms with Crippen LogP contribution >= 0.6 is 11.3 Å². The number of nitrogens with zero attached hydrogens (tertiary/aromatic N) is 2. The van der Waals surface area contributed by atoms with E-state index in [1.54, 1.807) is 18.4 Å². The lowest BCUT2D eigenvalue weighted by Gasteiger charge is -2.05. The maximum absolute atomic E-state index is 5.01. The first kappa shape index (κ1) is 13.5. The van der Waals surface area contributed by atoms with E-state index in [9.17, 15) is 0 Å². The quantitative estimate of drug-likeness (QED) is 0.705. The Balaban J connectivity index is 2.19. The number of hydrogen-bond acceptors (Lipinski definition) is 5. The molecule has 4 nitrogen and oxygen atoms in total. The summed E-state index contributed by atoms with van der Waals surface area (Å²) in [5.74, 6) is 0. The zero-order valence-corrected chi connectivity index (χ0v) is 11.1. The van der Waals surface area contributed by atoms with Gasteiger partial charge in [0, 0.05) is 26.0 Å². The Morgan fingerprint density at radius 2 is 1.94 bits per heavy atom. The standard InChI is InChI=1S/C11H21N3OS/c1-9(2)12-7-4-5-10-13-14-11(16-10)6-8-15-3/h9,12H,4-8H2,1-3H3. The molecule has 0 aromatic carbocycles. The summed E-state index contributed by atoms with van der Waals surface area (Å²) in [5, 5.41) is 13.9. The molecule has 1 rings (SSSR count). The predicted molar refractivity (Wildman–Crippen MR) is 66.9 cm³/mol. The second kappa shape index (κ2) is 7.70. The first-order chi connectivity index (χ1) is 7.72. The summed E-state index contributed by atoms with van der Waals surface area (Å²) in [5.41, 5.74) is 0. The van der Waals surface area contributed by atoms with E-state index in [-0.39, 0.29) is 0 Å². The molecule has 16 heavy (non-hydrogen) atoms. The third-order valence-electron chi connectivity index (χ3n) is 2.15. The van der Waals surface area contributed by atoms with Gasteiger partial charge in [0.2, 0.25) is 0 Å². The Hall–Kier alpha value is -0.520. The van der Waals surface area contributed by atoms with Crippen molar-refractivity contribution in [3.63, 3.8) is 0 Å². The molecule has 1 aromatic heterocycles. The molecule has 0 aliphatic heterocycles. The maximum Gasteiger partial charge on any atom is 0.119 e. The lowest BCUT2D eigenvalue weighted by molar-refractivity contribution is 0.202. The Bertz CT molecular complexity index is 289. The Morgan fingerprint density at radius 3 is 2.56 bits per heavy atom. The van der Waals surface area contributed by atoms with Crippen LogP contribution in [0.4, 0.5) is 0 Å². The smallest absolute Gasteiger partial charge is 0.119 e. The van der Waals surface area contributed by atoms with E-state index in [1.807, 2.05) is 0 Å². The summed E-state index contributed by atoms with van der Waals surface area (Å²) in [6.07, 6.45) is 3.01. The highest BCUT2D eigenvalue weighted by atomic mass is 32.1. The number of nitrogens with one attached hydrogen (secondary N) is 1. The topological polar surface area (TPSA) is 47.0 Å². The minimum absolute atomic E-state index is 0.562. The van der Waals surface area contributed by atoms with Crippen LogP contribution in [0.3, 0.4) is 0 Å². The van der Waals surface area contributed by atoms with Crippen molar-refractivity contribution < 1.29 is 4.74 Å². The van der Waals surface area contributed by atoms with Crippen molar-refractivity contribution >= 4 is 11.3 Å². The molecular weight excluding hydrogens is 222 g/mol. The van der Waals surface area contributed by atoms with Crippen LogP contribution in [-0.2, 0) is 17.6 Å². The zero-order valence-electron chi connectivity index (χ0n) is 10.3. The molecule has 0 fully saturated rings. The van der Waals surface area contributed by atoms with Gasteiger partial charge in [-0.3, -0.25) is 0 Å². The molecule has 0 unspecified atom stereocenters. The molecule has 0 amide bonds. The summed E-state index contributed by atoms with van der Waals surface area (Å²) in [7, 11) is 1.71. The molecule has 92 valence electrons. The fourth-order valence-electron chi connectivity index (χ4n) is 1.31. The average Bonchev–Trinajstić information content (AvgIpc) is 2.69. The highest BCUT2D eigenvalue weighted by Crippen LogP contribution is 2.11. The van der Waals surface area contributed by atoms with E-state index in [0.29, 0.717) is 6.04 Å². The monoisotopic (exact) mass is 243 g/mol. The highest BCUT2D eigenvalue weighted by molar-refractivity contribution is 7.11. The van der Waals surface area contributed by atoms with Crippen LogP contribution in [-0.4, -0.2) is 36.5 Å². The lowest BCUT2D eigenvalue weighted by atomic mass is 10.3. The van der Waals surface area contributed by atoms with E-state index < -0.39 is 0 Å². The first-order valence-electron chi connectivity index (χ1n) is 5.76. The third kappa shape index (κ3) is 5.53. The average molecular weight is 243 g/mol. The summed E-state index contributed by atoms with van der Waals surface area (Å²) in [6.45, 7) is 6.09. The highest BCUT2D eigenvalue weighted by Gasteiger charge is 2.03. The number of ether oxygens (including phenoxy) is 1. The lowest BCUT2D eigenvalue weighted by Crippen LogP contribution is -2.23. The van der Waals surface area contributed by atoms with E-state index in [0.717, 1.165) is 42.4 Å². The summed E-state index contributed by atoms with van der Waals surface area (Å²) < 4.78 is 5.01. The van der Waals surface area contributed by atoms with Crippen molar-refractivity contribution in [2.24, 2.45) is 0 Å². The van der Waals surface area contributed by atoms with Gasteiger partial charge in [0.25, 0.3) is 0 Å². The molecule has 0 spiro atoms. The van der Waals surface area contributed by atoms with Gasteiger partial charge in [-0.25, -0.2) is 0 Å². The molecule has 0 saturated carbocycles. The van der Waals surface area contributed by atoms with Crippen molar-refractivity contribution in [3.8, 4) is 0 Å². The first-order valence-corrected chi connectivity index (χ1v) is 6.57. The normalized spacial score (nSPS) is 11.2. The molecule has 0 bridgehead atoms. The molecule has 0 radical (unpaired) electrons. The van der Waals surface area contributed by atoms with Gasteiger partial charge in [0.1, 0.15) is 10.0 Å². The van der Waals surface area contributed by atoms with E-state index in [1.165, 1.54) is 0 Å². The fourth-order valence-corrected chi connectivity index (χ4v) is 2.18. The van der Waals surface area contributed by atoms with Gasteiger partial charge in [-0.15, -0.1) is 21.5 Å². The Kier molecular flexibility index (Phi) is 6.52. The minimum atomic E-state index is 0.562. The molecule has 1 heterocycles. The third-order valence-corrected chi connectivity index (χ3v) is 3.19. The molecule has 1 N–H and O–H groups in total. The predicted octanol–water partition coefficient (Wildman–Crippen LogP) is 1.66. The number of hydrogen-bond donors (Lipinski definition) is 1. The van der Waals surface area contributed by atoms with Crippen LogP contribution in [0.25, 0.3) is 0 Å². The molecule has 0 atom stereocenters. The zero-order chi connectivity index (χ0) is 11.8. The SMILES string of the molecule is COCCc1nnc(CCCNC(C)C)s1. The Morgan fingerprint density at radius 1 is 1.25 bits per heavy atom. The Labute approximate surface area is 101 Å².